The average Bonchev–Trinajstić information content (AvgIpc) is 2.66. The van der Waals surface area contributed by atoms with E-state index in [2.05, 4.69) is 5.32 Å². The van der Waals surface area contributed by atoms with Gasteiger partial charge >= 0.3 is 0 Å². The number of para-hydroxylation sites is 1. The van der Waals surface area contributed by atoms with E-state index in [1.165, 1.54) is 6.07 Å². The van der Waals surface area contributed by atoms with Gasteiger partial charge in [0.1, 0.15) is 0 Å². The molecule has 0 bridgehead atoms. The van der Waals surface area contributed by atoms with Crippen LogP contribution >= 0.6 is 11.8 Å². The summed E-state index contributed by atoms with van der Waals surface area (Å²) >= 11 is 1.59. The van der Waals surface area contributed by atoms with E-state index in [-0.39, 0.29) is 17.6 Å². The number of amides is 1. The van der Waals surface area contributed by atoms with Gasteiger partial charge in [-0.2, -0.15) is 0 Å². The van der Waals surface area contributed by atoms with E-state index in [4.69, 9.17) is 0 Å². The predicted octanol–water partition coefficient (Wildman–Crippen LogP) is 4.34. The summed E-state index contributed by atoms with van der Waals surface area (Å²) in [7, 11) is 1.91. The first-order chi connectivity index (χ1) is 12.4. The quantitative estimate of drug-likeness (QED) is 0.423. The molecule has 2 aromatic rings. The molecule has 0 saturated heterocycles. The minimum Gasteiger partial charge on any atom is -0.325 e. The molecule has 0 fully saturated rings. The molecular weight excluding hydrogens is 350 g/mol. The number of non-ortho nitro benzene ring substituents is 1. The van der Waals surface area contributed by atoms with Crippen molar-refractivity contribution in [2.24, 2.45) is 0 Å². The third-order valence-corrected chi connectivity index (χ3v) is 5.09. The van der Waals surface area contributed by atoms with Crippen LogP contribution in [0.2, 0.25) is 0 Å². The van der Waals surface area contributed by atoms with Crippen molar-refractivity contribution in [1.29, 1.82) is 0 Å². The summed E-state index contributed by atoms with van der Waals surface area (Å²) in [6, 6.07) is 14.3. The molecule has 2 aromatic carbocycles. The van der Waals surface area contributed by atoms with E-state index >= 15 is 0 Å². The number of carbonyl (C=O) groups is 1. The molecule has 0 saturated carbocycles. The van der Waals surface area contributed by atoms with Gasteiger partial charge in [-0.15, -0.1) is 11.8 Å². The molecule has 0 spiro atoms. The number of nitrogens with one attached hydrogen (secondary N) is 1. The Bertz CT molecular complexity index is 782. The Hall–Kier alpha value is -2.38. The fraction of sp³-hybridized carbons (Fsp3) is 0.316. The summed E-state index contributed by atoms with van der Waals surface area (Å²) in [5.41, 5.74) is 1.75. The standard InChI is InChI=1S/C19H23N3O3S/c1-14(15-7-6-8-16(13-15)22(24)25)21(2)12-11-19(23)20-17-9-4-5-10-18(17)26-3/h4-10,13-14H,11-12H2,1-3H3,(H,20,23). The molecule has 138 valence electrons. The van der Waals surface area contributed by atoms with Gasteiger partial charge in [-0.1, -0.05) is 24.3 Å². The van der Waals surface area contributed by atoms with Gasteiger partial charge in [-0.05, 0) is 37.9 Å². The summed E-state index contributed by atoms with van der Waals surface area (Å²) in [6.07, 6.45) is 2.32. The van der Waals surface area contributed by atoms with Crippen LogP contribution < -0.4 is 5.32 Å². The summed E-state index contributed by atoms with van der Waals surface area (Å²) in [5.74, 6) is -0.0513. The number of anilines is 1. The van der Waals surface area contributed by atoms with Crippen molar-refractivity contribution in [3.05, 3.63) is 64.2 Å². The lowest BCUT2D eigenvalue weighted by atomic mass is 10.1. The number of hydrogen-bond acceptors (Lipinski definition) is 5. The first-order valence-electron chi connectivity index (χ1n) is 8.30. The predicted molar refractivity (Wildman–Crippen MR) is 106 cm³/mol. The van der Waals surface area contributed by atoms with E-state index in [9.17, 15) is 14.9 Å². The molecule has 2 rings (SSSR count). The first-order valence-corrected chi connectivity index (χ1v) is 9.52. The summed E-state index contributed by atoms with van der Waals surface area (Å²) in [5, 5.41) is 13.9. The topological polar surface area (TPSA) is 75.5 Å². The Labute approximate surface area is 157 Å². The Balaban J connectivity index is 1.93. The van der Waals surface area contributed by atoms with E-state index < -0.39 is 4.92 Å². The van der Waals surface area contributed by atoms with Crippen LogP contribution in [0, 0.1) is 10.1 Å². The summed E-state index contributed by atoms with van der Waals surface area (Å²) in [4.78, 5) is 25.8. The largest absolute Gasteiger partial charge is 0.325 e. The van der Waals surface area contributed by atoms with Gasteiger partial charge in [-0.3, -0.25) is 19.8 Å². The van der Waals surface area contributed by atoms with Crippen molar-refractivity contribution in [2.45, 2.75) is 24.3 Å². The first kappa shape index (κ1) is 19.9. The van der Waals surface area contributed by atoms with Crippen molar-refractivity contribution in [3.63, 3.8) is 0 Å². The molecule has 1 atom stereocenters. The fourth-order valence-corrected chi connectivity index (χ4v) is 3.14. The van der Waals surface area contributed by atoms with Gasteiger partial charge in [0, 0.05) is 36.0 Å². The van der Waals surface area contributed by atoms with Crippen LogP contribution in [0.1, 0.15) is 24.9 Å². The third kappa shape index (κ3) is 5.31. The lowest BCUT2D eigenvalue weighted by Crippen LogP contribution is -2.27. The number of benzene rings is 2. The van der Waals surface area contributed by atoms with Crippen molar-refractivity contribution in [1.82, 2.24) is 4.90 Å². The van der Waals surface area contributed by atoms with Gasteiger partial charge in [0.15, 0.2) is 0 Å². The molecule has 0 heterocycles. The molecular formula is C19H23N3O3S. The summed E-state index contributed by atoms with van der Waals surface area (Å²) in [6.45, 7) is 2.52. The molecule has 7 heteroatoms. The minimum absolute atomic E-state index is 0.0267. The highest BCUT2D eigenvalue weighted by Gasteiger charge is 2.16. The minimum atomic E-state index is -0.396. The van der Waals surface area contributed by atoms with E-state index in [1.54, 1.807) is 23.9 Å². The Morgan fingerprint density at radius 1 is 1.27 bits per heavy atom. The van der Waals surface area contributed by atoms with Gasteiger partial charge in [0.25, 0.3) is 5.69 Å². The maximum atomic E-state index is 12.3. The van der Waals surface area contributed by atoms with Crippen molar-refractivity contribution >= 4 is 29.0 Å². The van der Waals surface area contributed by atoms with Crippen LogP contribution in [0.5, 0.6) is 0 Å². The normalized spacial score (nSPS) is 12.0. The zero-order valence-corrected chi connectivity index (χ0v) is 16.0. The van der Waals surface area contributed by atoms with Crippen LogP contribution in [-0.2, 0) is 4.79 Å². The summed E-state index contributed by atoms with van der Waals surface area (Å²) < 4.78 is 0. The number of carbonyl (C=O) groups excluding carboxylic acids is 1. The molecule has 1 unspecified atom stereocenters. The highest BCUT2D eigenvalue weighted by Crippen LogP contribution is 2.25. The van der Waals surface area contributed by atoms with Gasteiger partial charge in [0.05, 0.1) is 10.6 Å². The molecule has 1 amide bonds. The maximum Gasteiger partial charge on any atom is 0.269 e. The molecule has 0 aliphatic carbocycles. The number of nitro groups is 1. The number of nitrogens with zero attached hydrogens (tertiary/aromatic N) is 2. The second-order valence-electron chi connectivity index (χ2n) is 6.01. The van der Waals surface area contributed by atoms with Crippen LogP contribution in [-0.4, -0.2) is 35.6 Å². The van der Waals surface area contributed by atoms with Gasteiger partial charge < -0.3 is 5.32 Å². The lowest BCUT2D eigenvalue weighted by molar-refractivity contribution is -0.384. The zero-order chi connectivity index (χ0) is 19.1. The number of nitro benzene ring substituents is 1. The molecule has 6 nitrogen and oxygen atoms in total. The zero-order valence-electron chi connectivity index (χ0n) is 15.1. The van der Waals surface area contributed by atoms with E-state index in [0.29, 0.717) is 13.0 Å². The second kappa shape index (κ2) is 9.35. The highest BCUT2D eigenvalue weighted by molar-refractivity contribution is 7.98. The number of hydrogen-bond donors (Lipinski definition) is 1. The van der Waals surface area contributed by atoms with Crippen molar-refractivity contribution < 1.29 is 9.72 Å². The molecule has 0 radical (unpaired) electrons. The van der Waals surface area contributed by atoms with E-state index in [0.717, 1.165) is 16.1 Å². The Morgan fingerprint density at radius 3 is 2.69 bits per heavy atom. The van der Waals surface area contributed by atoms with Crippen LogP contribution in [0.4, 0.5) is 11.4 Å². The van der Waals surface area contributed by atoms with Crippen LogP contribution in [0.25, 0.3) is 0 Å². The monoisotopic (exact) mass is 373 g/mol. The molecule has 26 heavy (non-hydrogen) atoms. The lowest BCUT2D eigenvalue weighted by Gasteiger charge is -2.24. The second-order valence-corrected chi connectivity index (χ2v) is 6.86. The smallest absolute Gasteiger partial charge is 0.269 e. The van der Waals surface area contributed by atoms with Crippen molar-refractivity contribution in [3.8, 4) is 0 Å². The van der Waals surface area contributed by atoms with Gasteiger partial charge in [0.2, 0.25) is 5.91 Å². The van der Waals surface area contributed by atoms with E-state index in [1.807, 2.05) is 55.5 Å². The molecule has 1 N–H and O–H groups in total. The number of thioether (sulfide) groups is 1. The Morgan fingerprint density at radius 2 is 2.00 bits per heavy atom. The van der Waals surface area contributed by atoms with Crippen molar-refractivity contribution in [2.75, 3.05) is 25.2 Å². The van der Waals surface area contributed by atoms with Crippen LogP contribution in [0.15, 0.2) is 53.4 Å². The SMILES string of the molecule is CSc1ccccc1NC(=O)CCN(C)C(C)c1cccc([N+](=O)[O-])c1. The molecule has 0 aromatic heterocycles. The Kier molecular flexibility index (Phi) is 7.17. The highest BCUT2D eigenvalue weighted by atomic mass is 32.2. The maximum absolute atomic E-state index is 12.3. The molecule has 0 aliphatic rings. The van der Waals surface area contributed by atoms with Crippen LogP contribution in [0.3, 0.4) is 0 Å². The third-order valence-electron chi connectivity index (χ3n) is 4.30. The molecule has 0 aliphatic heterocycles. The fourth-order valence-electron chi connectivity index (χ4n) is 2.58. The average molecular weight is 373 g/mol. The van der Waals surface area contributed by atoms with Gasteiger partial charge in [-0.25, -0.2) is 0 Å². The number of rotatable bonds is 8.